The number of amides is 1. The number of hydrogen-bond donors (Lipinski definition) is 2. The van der Waals surface area contributed by atoms with Gasteiger partial charge in [-0.05, 0) is 12.8 Å². The van der Waals surface area contributed by atoms with E-state index in [1.165, 1.54) is 11.2 Å². The van der Waals surface area contributed by atoms with Crippen LogP contribution in [0.3, 0.4) is 0 Å². The third-order valence-electron chi connectivity index (χ3n) is 2.74. The molecule has 0 aliphatic carbocycles. The Labute approximate surface area is 106 Å². The second-order valence-electron chi connectivity index (χ2n) is 4.36. The molecule has 0 saturated carbocycles. The Morgan fingerprint density at radius 1 is 1.44 bits per heavy atom. The monoisotopic (exact) mass is 278 g/mol. The smallest absolute Gasteiger partial charge is 0.303 e. The van der Waals surface area contributed by atoms with Crippen LogP contribution in [-0.2, 0) is 19.6 Å². The molecule has 7 nitrogen and oxygen atoms in total. The van der Waals surface area contributed by atoms with Crippen LogP contribution >= 0.6 is 0 Å². The number of carboxylic acids is 1. The van der Waals surface area contributed by atoms with Gasteiger partial charge >= 0.3 is 5.97 Å². The second kappa shape index (κ2) is 6.14. The van der Waals surface area contributed by atoms with E-state index in [9.17, 15) is 18.0 Å². The number of nitrogens with one attached hydrogen (secondary N) is 1. The number of carbonyl (C=O) groups excluding carboxylic acids is 1. The van der Waals surface area contributed by atoms with E-state index in [1.807, 2.05) is 0 Å². The van der Waals surface area contributed by atoms with Crippen LogP contribution in [0.1, 0.15) is 26.2 Å². The number of carbonyl (C=O) groups is 2. The van der Waals surface area contributed by atoms with Crippen LogP contribution < -0.4 is 5.32 Å². The predicted molar refractivity (Wildman–Crippen MR) is 64.5 cm³/mol. The van der Waals surface area contributed by atoms with Crippen molar-refractivity contribution in [3.8, 4) is 0 Å². The maximum Gasteiger partial charge on any atom is 0.303 e. The zero-order valence-electron chi connectivity index (χ0n) is 10.3. The SMILES string of the molecule is CC(=O)NC1CCN(S(=O)(=O)CCCC(=O)O)C1. The highest BCUT2D eigenvalue weighted by Gasteiger charge is 2.31. The number of aliphatic carboxylic acids is 1. The third kappa shape index (κ3) is 4.61. The molecule has 0 bridgehead atoms. The fourth-order valence-corrected chi connectivity index (χ4v) is 3.48. The van der Waals surface area contributed by atoms with Gasteiger partial charge < -0.3 is 10.4 Å². The van der Waals surface area contributed by atoms with E-state index in [0.29, 0.717) is 13.0 Å². The lowest BCUT2D eigenvalue weighted by Crippen LogP contribution is -2.38. The lowest BCUT2D eigenvalue weighted by Gasteiger charge is -2.16. The molecular formula is C10H18N2O5S. The minimum Gasteiger partial charge on any atom is -0.481 e. The maximum absolute atomic E-state index is 11.9. The molecule has 1 amide bonds. The molecule has 18 heavy (non-hydrogen) atoms. The summed E-state index contributed by atoms with van der Waals surface area (Å²) < 4.78 is 25.0. The van der Waals surface area contributed by atoms with Gasteiger partial charge in [0.15, 0.2) is 0 Å². The van der Waals surface area contributed by atoms with Crippen LogP contribution in [0.2, 0.25) is 0 Å². The molecule has 0 radical (unpaired) electrons. The van der Waals surface area contributed by atoms with Crippen LogP contribution in [0.4, 0.5) is 0 Å². The zero-order chi connectivity index (χ0) is 13.8. The topological polar surface area (TPSA) is 104 Å². The summed E-state index contributed by atoms with van der Waals surface area (Å²) in [6, 6.07) is -0.142. The van der Waals surface area contributed by atoms with Gasteiger partial charge in [-0.15, -0.1) is 0 Å². The Morgan fingerprint density at radius 2 is 2.11 bits per heavy atom. The third-order valence-corrected chi connectivity index (χ3v) is 4.67. The number of hydrogen-bond acceptors (Lipinski definition) is 4. The van der Waals surface area contributed by atoms with Gasteiger partial charge in [-0.3, -0.25) is 9.59 Å². The van der Waals surface area contributed by atoms with Gasteiger partial charge in [0.25, 0.3) is 0 Å². The molecule has 2 N–H and O–H groups in total. The molecule has 1 saturated heterocycles. The lowest BCUT2D eigenvalue weighted by atomic mass is 10.3. The van der Waals surface area contributed by atoms with Crippen LogP contribution in [-0.4, -0.2) is 54.6 Å². The van der Waals surface area contributed by atoms with E-state index >= 15 is 0 Å². The normalized spacial score (nSPS) is 20.8. The number of sulfonamides is 1. The molecule has 0 aromatic rings. The van der Waals surface area contributed by atoms with Crippen molar-refractivity contribution >= 4 is 21.9 Å². The van der Waals surface area contributed by atoms with Crippen LogP contribution in [0.15, 0.2) is 0 Å². The first kappa shape index (κ1) is 14.9. The molecule has 1 aliphatic heterocycles. The highest BCUT2D eigenvalue weighted by atomic mass is 32.2. The van der Waals surface area contributed by atoms with E-state index < -0.39 is 16.0 Å². The zero-order valence-corrected chi connectivity index (χ0v) is 11.1. The number of rotatable bonds is 6. The van der Waals surface area contributed by atoms with E-state index in [2.05, 4.69) is 5.32 Å². The first-order chi connectivity index (χ1) is 8.31. The fraction of sp³-hybridized carbons (Fsp3) is 0.800. The van der Waals surface area contributed by atoms with Crippen LogP contribution in [0, 0.1) is 0 Å². The van der Waals surface area contributed by atoms with Crippen molar-refractivity contribution in [2.24, 2.45) is 0 Å². The molecule has 0 aromatic heterocycles. The number of carboxylic acid groups (broad SMARTS) is 1. The first-order valence-electron chi connectivity index (χ1n) is 5.78. The molecule has 1 fully saturated rings. The molecule has 104 valence electrons. The lowest BCUT2D eigenvalue weighted by molar-refractivity contribution is -0.137. The molecule has 0 spiro atoms. The second-order valence-corrected chi connectivity index (χ2v) is 6.45. The highest BCUT2D eigenvalue weighted by molar-refractivity contribution is 7.89. The minimum atomic E-state index is -3.41. The summed E-state index contributed by atoms with van der Waals surface area (Å²) in [6.45, 7) is 2.04. The number of nitrogens with zero attached hydrogens (tertiary/aromatic N) is 1. The van der Waals surface area contributed by atoms with E-state index in [-0.39, 0.29) is 37.1 Å². The molecule has 1 rings (SSSR count). The standard InChI is InChI=1S/C10H18N2O5S/c1-8(13)11-9-4-5-12(7-9)18(16,17)6-2-3-10(14)15/h9H,2-7H2,1H3,(H,11,13)(H,14,15). The summed E-state index contributed by atoms with van der Waals surface area (Å²) in [5, 5.41) is 11.1. The average Bonchev–Trinajstić information content (AvgIpc) is 2.64. The maximum atomic E-state index is 11.9. The van der Waals surface area contributed by atoms with E-state index in [1.54, 1.807) is 0 Å². The van der Waals surface area contributed by atoms with E-state index in [0.717, 1.165) is 0 Å². The molecule has 1 aliphatic rings. The molecule has 0 aromatic carbocycles. The van der Waals surface area contributed by atoms with Gasteiger partial charge in [0.05, 0.1) is 5.75 Å². The van der Waals surface area contributed by atoms with Gasteiger partial charge in [0.1, 0.15) is 0 Å². The first-order valence-corrected chi connectivity index (χ1v) is 7.39. The highest BCUT2D eigenvalue weighted by Crippen LogP contribution is 2.15. The van der Waals surface area contributed by atoms with Crippen molar-refractivity contribution in [3.05, 3.63) is 0 Å². The minimum absolute atomic E-state index is 0.110. The largest absolute Gasteiger partial charge is 0.481 e. The van der Waals surface area contributed by atoms with Gasteiger partial charge in [0.2, 0.25) is 15.9 Å². The summed E-state index contributed by atoms with van der Waals surface area (Å²) in [4.78, 5) is 21.2. The predicted octanol–water partition coefficient (Wildman–Crippen LogP) is -0.609. The van der Waals surface area contributed by atoms with Crippen LogP contribution in [0.25, 0.3) is 0 Å². The Morgan fingerprint density at radius 3 is 2.67 bits per heavy atom. The fourth-order valence-electron chi connectivity index (χ4n) is 1.92. The Kier molecular flexibility index (Phi) is 5.09. The molecule has 8 heteroatoms. The van der Waals surface area contributed by atoms with Gasteiger partial charge in [-0.2, -0.15) is 4.31 Å². The molecule has 1 atom stereocenters. The van der Waals surface area contributed by atoms with Gasteiger partial charge in [-0.25, -0.2) is 8.42 Å². The van der Waals surface area contributed by atoms with Gasteiger partial charge in [-0.1, -0.05) is 0 Å². The molecule has 1 unspecified atom stereocenters. The summed E-state index contributed by atoms with van der Waals surface area (Å²) in [5.41, 5.74) is 0. The van der Waals surface area contributed by atoms with E-state index in [4.69, 9.17) is 5.11 Å². The molecule has 1 heterocycles. The quantitative estimate of drug-likeness (QED) is 0.674. The molecular weight excluding hydrogens is 260 g/mol. The van der Waals surface area contributed by atoms with Crippen molar-refractivity contribution < 1.29 is 23.1 Å². The Hall–Kier alpha value is -1.15. The Bertz CT molecular complexity index is 420. The van der Waals surface area contributed by atoms with Crippen molar-refractivity contribution in [1.82, 2.24) is 9.62 Å². The van der Waals surface area contributed by atoms with Crippen molar-refractivity contribution in [2.45, 2.75) is 32.2 Å². The van der Waals surface area contributed by atoms with Crippen molar-refractivity contribution in [2.75, 3.05) is 18.8 Å². The summed E-state index contributed by atoms with van der Waals surface area (Å²) in [5.74, 6) is -1.33. The summed E-state index contributed by atoms with van der Waals surface area (Å²) in [6.07, 6.45) is 0.554. The summed E-state index contributed by atoms with van der Waals surface area (Å²) in [7, 11) is -3.41. The Balaban J connectivity index is 2.44. The van der Waals surface area contributed by atoms with Crippen LogP contribution in [0.5, 0.6) is 0 Å². The van der Waals surface area contributed by atoms with Crippen molar-refractivity contribution in [1.29, 1.82) is 0 Å². The average molecular weight is 278 g/mol. The van der Waals surface area contributed by atoms with Gasteiger partial charge in [0, 0.05) is 32.5 Å². The summed E-state index contributed by atoms with van der Waals surface area (Å²) >= 11 is 0. The van der Waals surface area contributed by atoms with Crippen molar-refractivity contribution in [3.63, 3.8) is 0 Å².